The molecule has 1 N–H and O–H groups in total. The van der Waals surface area contributed by atoms with Crippen LogP contribution in [-0.4, -0.2) is 49.3 Å². The van der Waals surface area contributed by atoms with Gasteiger partial charge in [-0.1, -0.05) is 11.6 Å². The summed E-state index contributed by atoms with van der Waals surface area (Å²) in [4.78, 5) is 14.4. The standard InChI is InChI=1S/C12H16ClNO3S/c1-17-7-5-14(4-6-15)12(16)10-8-9(18)2-3-11(10)13/h2-3,8,15,18H,4-7H2,1H3. The van der Waals surface area contributed by atoms with Crippen molar-refractivity contribution in [3.63, 3.8) is 0 Å². The minimum absolute atomic E-state index is 0.104. The van der Waals surface area contributed by atoms with Crippen LogP contribution >= 0.6 is 24.2 Å². The number of carbonyl (C=O) groups is 1. The van der Waals surface area contributed by atoms with E-state index in [4.69, 9.17) is 21.4 Å². The van der Waals surface area contributed by atoms with Gasteiger partial charge in [-0.05, 0) is 18.2 Å². The largest absolute Gasteiger partial charge is 0.395 e. The molecular weight excluding hydrogens is 274 g/mol. The van der Waals surface area contributed by atoms with Gasteiger partial charge in [0.25, 0.3) is 5.91 Å². The monoisotopic (exact) mass is 289 g/mol. The fourth-order valence-electron chi connectivity index (χ4n) is 1.48. The van der Waals surface area contributed by atoms with Crippen LogP contribution in [0, 0.1) is 0 Å². The molecule has 0 radical (unpaired) electrons. The lowest BCUT2D eigenvalue weighted by atomic mass is 10.2. The van der Waals surface area contributed by atoms with Crippen LogP contribution in [0.15, 0.2) is 23.1 Å². The number of amides is 1. The molecule has 100 valence electrons. The summed E-state index contributed by atoms with van der Waals surface area (Å²) in [7, 11) is 1.56. The van der Waals surface area contributed by atoms with E-state index < -0.39 is 0 Å². The number of aliphatic hydroxyl groups excluding tert-OH is 1. The number of carbonyl (C=O) groups excluding carboxylic acids is 1. The molecule has 0 aliphatic carbocycles. The Morgan fingerprint density at radius 2 is 2.22 bits per heavy atom. The van der Waals surface area contributed by atoms with Gasteiger partial charge in [0.15, 0.2) is 0 Å². The van der Waals surface area contributed by atoms with E-state index in [1.54, 1.807) is 25.3 Å². The number of aliphatic hydroxyl groups is 1. The number of ether oxygens (including phenoxy) is 1. The number of rotatable bonds is 6. The highest BCUT2D eigenvalue weighted by Crippen LogP contribution is 2.21. The molecular formula is C12H16ClNO3S. The Morgan fingerprint density at radius 1 is 1.50 bits per heavy atom. The first-order valence-corrected chi connectivity index (χ1v) is 6.30. The first kappa shape index (κ1) is 15.3. The second-order valence-electron chi connectivity index (χ2n) is 3.67. The lowest BCUT2D eigenvalue weighted by Crippen LogP contribution is -2.36. The van der Waals surface area contributed by atoms with Gasteiger partial charge >= 0.3 is 0 Å². The molecule has 0 saturated carbocycles. The summed E-state index contributed by atoms with van der Waals surface area (Å²) in [6.45, 7) is 0.954. The molecule has 1 amide bonds. The van der Waals surface area contributed by atoms with E-state index in [-0.39, 0.29) is 19.1 Å². The molecule has 0 saturated heterocycles. The van der Waals surface area contributed by atoms with Gasteiger partial charge in [-0.25, -0.2) is 0 Å². The van der Waals surface area contributed by atoms with Gasteiger partial charge in [-0.15, -0.1) is 12.6 Å². The SMILES string of the molecule is COCCN(CCO)C(=O)c1cc(S)ccc1Cl. The van der Waals surface area contributed by atoms with Gasteiger partial charge in [-0.2, -0.15) is 0 Å². The fraction of sp³-hybridized carbons (Fsp3) is 0.417. The molecule has 4 nitrogen and oxygen atoms in total. The number of methoxy groups -OCH3 is 1. The number of hydrogen-bond acceptors (Lipinski definition) is 4. The number of hydrogen-bond donors (Lipinski definition) is 2. The Balaban J connectivity index is 2.90. The number of thiol groups is 1. The fourth-order valence-corrected chi connectivity index (χ4v) is 1.89. The van der Waals surface area contributed by atoms with Crippen molar-refractivity contribution in [1.29, 1.82) is 0 Å². The van der Waals surface area contributed by atoms with Crippen molar-refractivity contribution in [3.8, 4) is 0 Å². The Labute approximate surface area is 117 Å². The Bertz CT molecular complexity index is 414. The normalized spacial score (nSPS) is 10.4. The number of halogens is 1. The number of benzene rings is 1. The second-order valence-corrected chi connectivity index (χ2v) is 4.60. The highest BCUT2D eigenvalue weighted by atomic mass is 35.5. The third kappa shape index (κ3) is 4.17. The van der Waals surface area contributed by atoms with E-state index in [2.05, 4.69) is 12.6 Å². The van der Waals surface area contributed by atoms with Crippen molar-refractivity contribution >= 4 is 30.1 Å². The lowest BCUT2D eigenvalue weighted by Gasteiger charge is -2.22. The van der Waals surface area contributed by atoms with Crippen LogP contribution in [0.3, 0.4) is 0 Å². The maximum absolute atomic E-state index is 12.3. The average molecular weight is 290 g/mol. The number of nitrogens with zero attached hydrogens (tertiary/aromatic N) is 1. The summed E-state index contributed by atoms with van der Waals surface area (Å²) in [6.07, 6.45) is 0. The van der Waals surface area contributed by atoms with Gasteiger partial charge in [0.05, 0.1) is 23.8 Å². The Hall–Kier alpha value is -0.750. The maximum Gasteiger partial charge on any atom is 0.255 e. The van der Waals surface area contributed by atoms with E-state index in [9.17, 15) is 4.79 Å². The zero-order valence-corrected chi connectivity index (χ0v) is 11.7. The molecule has 0 bridgehead atoms. The van der Waals surface area contributed by atoms with Gasteiger partial charge < -0.3 is 14.7 Å². The highest BCUT2D eigenvalue weighted by molar-refractivity contribution is 7.80. The van der Waals surface area contributed by atoms with Crippen molar-refractivity contribution < 1.29 is 14.6 Å². The average Bonchev–Trinajstić information content (AvgIpc) is 2.36. The summed E-state index contributed by atoms with van der Waals surface area (Å²) >= 11 is 10.2. The van der Waals surface area contributed by atoms with Crippen molar-refractivity contribution in [1.82, 2.24) is 4.90 Å². The van der Waals surface area contributed by atoms with Gasteiger partial charge in [0.2, 0.25) is 0 Å². The molecule has 6 heteroatoms. The van der Waals surface area contributed by atoms with Gasteiger partial charge in [0, 0.05) is 25.1 Å². The zero-order valence-electron chi connectivity index (χ0n) is 10.1. The quantitative estimate of drug-likeness (QED) is 0.784. The van der Waals surface area contributed by atoms with E-state index in [0.29, 0.717) is 28.6 Å². The third-order valence-corrected chi connectivity index (χ3v) is 3.01. The first-order chi connectivity index (χ1) is 8.60. The summed E-state index contributed by atoms with van der Waals surface area (Å²) in [5, 5.41) is 9.35. The molecule has 0 fully saturated rings. The minimum atomic E-state index is -0.234. The molecule has 0 heterocycles. The smallest absolute Gasteiger partial charge is 0.255 e. The molecule has 0 aliphatic rings. The van der Waals surface area contributed by atoms with E-state index in [1.807, 2.05) is 0 Å². The van der Waals surface area contributed by atoms with Crippen LogP contribution in [0.5, 0.6) is 0 Å². The molecule has 1 aromatic carbocycles. The molecule has 18 heavy (non-hydrogen) atoms. The predicted octanol–water partition coefficient (Wildman–Crippen LogP) is 1.71. The minimum Gasteiger partial charge on any atom is -0.395 e. The van der Waals surface area contributed by atoms with Gasteiger partial charge in [0.1, 0.15) is 0 Å². The van der Waals surface area contributed by atoms with Crippen molar-refractivity contribution in [2.45, 2.75) is 4.90 Å². The summed E-state index contributed by atoms with van der Waals surface area (Å²) in [5.41, 5.74) is 0.383. The summed E-state index contributed by atoms with van der Waals surface area (Å²) in [5.74, 6) is -0.234. The molecule has 1 rings (SSSR count). The van der Waals surface area contributed by atoms with Crippen LogP contribution in [0.25, 0.3) is 0 Å². The first-order valence-electron chi connectivity index (χ1n) is 5.47. The predicted molar refractivity (Wildman–Crippen MR) is 73.6 cm³/mol. The van der Waals surface area contributed by atoms with E-state index >= 15 is 0 Å². The van der Waals surface area contributed by atoms with Crippen LogP contribution < -0.4 is 0 Å². The molecule has 1 aromatic rings. The second kappa shape index (κ2) is 7.63. The molecule has 0 spiro atoms. The Kier molecular flexibility index (Phi) is 6.49. The highest BCUT2D eigenvalue weighted by Gasteiger charge is 2.18. The van der Waals surface area contributed by atoms with Crippen molar-refractivity contribution in [2.24, 2.45) is 0 Å². The van der Waals surface area contributed by atoms with Gasteiger partial charge in [-0.3, -0.25) is 4.79 Å². The summed E-state index contributed by atoms with van der Waals surface area (Å²) in [6, 6.07) is 4.96. The zero-order chi connectivity index (χ0) is 13.5. The van der Waals surface area contributed by atoms with Crippen LogP contribution in [-0.2, 0) is 4.74 Å². The third-order valence-electron chi connectivity index (χ3n) is 2.40. The summed E-state index contributed by atoms with van der Waals surface area (Å²) < 4.78 is 4.94. The molecule has 0 aliphatic heterocycles. The molecule has 0 aromatic heterocycles. The molecule has 0 atom stereocenters. The van der Waals surface area contributed by atoms with Crippen molar-refractivity contribution in [3.05, 3.63) is 28.8 Å². The van der Waals surface area contributed by atoms with Crippen molar-refractivity contribution in [2.75, 3.05) is 33.4 Å². The lowest BCUT2D eigenvalue weighted by molar-refractivity contribution is 0.0656. The Morgan fingerprint density at radius 3 is 2.83 bits per heavy atom. The van der Waals surface area contributed by atoms with E-state index in [0.717, 1.165) is 0 Å². The van der Waals surface area contributed by atoms with Crippen LogP contribution in [0.4, 0.5) is 0 Å². The van der Waals surface area contributed by atoms with Crippen LogP contribution in [0.2, 0.25) is 5.02 Å². The topological polar surface area (TPSA) is 49.8 Å². The van der Waals surface area contributed by atoms with E-state index in [1.165, 1.54) is 4.90 Å². The molecule has 0 unspecified atom stereocenters. The van der Waals surface area contributed by atoms with Crippen LogP contribution in [0.1, 0.15) is 10.4 Å². The maximum atomic E-state index is 12.3.